The van der Waals surface area contributed by atoms with Crippen LogP contribution in [0.5, 0.6) is 0 Å². The van der Waals surface area contributed by atoms with Crippen LogP contribution in [0.3, 0.4) is 0 Å². The van der Waals surface area contributed by atoms with E-state index in [1.807, 2.05) is 0 Å². The zero-order chi connectivity index (χ0) is 80.1. The highest BCUT2D eigenvalue weighted by Gasteiger charge is 2.60. The molecule has 6 aliphatic rings. The number of thiol groups is 1. The summed E-state index contributed by atoms with van der Waals surface area (Å²) in [5, 5.41) is 162. The molecule has 30 atom stereocenters. The van der Waals surface area contributed by atoms with Gasteiger partial charge in [0.15, 0.2) is 54.9 Å². The van der Waals surface area contributed by atoms with E-state index in [9.17, 15) is 114 Å². The van der Waals surface area contributed by atoms with Gasteiger partial charge < -0.3 is 161 Å². The molecule has 0 aromatic rings. The summed E-state index contributed by atoms with van der Waals surface area (Å²) >= 11 is 4.16. The predicted molar refractivity (Wildman–Crippen MR) is 361 cm³/mol. The van der Waals surface area contributed by atoms with Gasteiger partial charge in [-0.3, -0.25) is 43.2 Å². The van der Waals surface area contributed by atoms with Crippen LogP contribution < -0.4 is 37.6 Å². The standard InChI is InChI=1S/C65H105N7O35S/c1-25(12-11-17-108)67-19-31(80)14-8-10-16-38(84)68-20-32(81)51-56(96-6)45(88)48(91)63(100-51)103-54-40(71-28(4)77)61(98-35(23-74)43(54)86)105-57-46(89)49(92)64(101-52(57)33(82)21-69-37(83)15-9-7-13-30(79)18-66)104-55-41(72-29(5)78)62(99-36(24-75)44(55)87)106-58-47(90)50(93)65(107-59(58)60(94)95)102-53-39(70-27(3)76)26(2)97-34(22-73)42(53)85/h26,34-36,39-59,61-65,67,73-75,85-93,108H,1,7-24,66H2,2-6H3,(H,68,84)(H,69,83)(H,70,76)(H,71,77)(H,72,78)(H,94,95). The summed E-state index contributed by atoms with van der Waals surface area (Å²) in [4.78, 5) is 131. The molecule has 6 aliphatic heterocycles. The maximum atomic E-state index is 14.7. The van der Waals surface area contributed by atoms with Crippen LogP contribution in [0.15, 0.2) is 12.3 Å². The van der Waals surface area contributed by atoms with Gasteiger partial charge in [0.1, 0.15) is 140 Å². The summed E-state index contributed by atoms with van der Waals surface area (Å²) in [7, 11) is 1.06. The maximum absolute atomic E-state index is 14.7. The molecule has 30 unspecified atom stereocenters. The van der Waals surface area contributed by atoms with E-state index in [-0.39, 0.29) is 69.6 Å². The zero-order valence-electron chi connectivity index (χ0n) is 60.1. The molecule has 6 rings (SSSR count). The number of carbonyl (C=O) groups excluding carboxylic acids is 9. The van der Waals surface area contributed by atoms with Gasteiger partial charge in [-0.1, -0.05) is 6.58 Å². The summed E-state index contributed by atoms with van der Waals surface area (Å²) < 4.78 is 70.5. The number of ketones is 4. The molecule has 0 bridgehead atoms. The minimum Gasteiger partial charge on any atom is -0.479 e. The summed E-state index contributed by atoms with van der Waals surface area (Å²) in [5.41, 5.74) is 6.08. The van der Waals surface area contributed by atoms with E-state index in [4.69, 9.17) is 62.6 Å². The topological polar surface area (TPSA) is 643 Å². The zero-order valence-corrected chi connectivity index (χ0v) is 61.0. The molecule has 6 heterocycles. The third-order valence-corrected chi connectivity index (χ3v) is 19.1. The number of carboxylic acid groups (broad SMARTS) is 1. The molecule has 21 N–H and O–H groups in total. The Labute approximate surface area is 624 Å². The average molecular weight is 1580 g/mol. The number of hydrogen-bond donors (Lipinski definition) is 21. The van der Waals surface area contributed by atoms with Gasteiger partial charge in [0.25, 0.3) is 0 Å². The SMILES string of the molecule is C=C(CCCS)NCC(=O)CCCCC(=O)NCC(=O)C1OC(OC2C(O)C(CO)OC(OC3C(C(=O)CNC(=O)CCCCC(=O)CN)OC(OC4C(O)C(CO)OC(OC5C(C(=O)O)OC(OC6C(O)C(CO)OC(C)C6NC(C)=O)C(O)C5O)C4NC(C)=O)C(O)C3O)C2NC(C)=O)C(O)C(O)C1OC. The van der Waals surface area contributed by atoms with Gasteiger partial charge in [-0.25, -0.2) is 4.79 Å². The Hall–Kier alpha value is -5.61. The first-order valence-corrected chi connectivity index (χ1v) is 35.9. The highest BCUT2D eigenvalue weighted by molar-refractivity contribution is 7.80. The second-order valence-corrected chi connectivity index (χ2v) is 27.3. The molecule has 0 spiro atoms. The predicted octanol–water partition coefficient (Wildman–Crippen LogP) is -10.4. The van der Waals surface area contributed by atoms with Crippen molar-refractivity contribution in [3.63, 3.8) is 0 Å². The van der Waals surface area contributed by atoms with E-state index in [2.05, 4.69) is 51.1 Å². The van der Waals surface area contributed by atoms with E-state index < -0.39 is 264 Å². The molecule has 616 valence electrons. The van der Waals surface area contributed by atoms with E-state index in [1.54, 1.807) is 0 Å². The largest absolute Gasteiger partial charge is 0.479 e. The Bertz CT molecular complexity index is 3010. The van der Waals surface area contributed by atoms with Crippen LogP contribution in [0.4, 0.5) is 0 Å². The minimum absolute atomic E-state index is 0.0190. The van der Waals surface area contributed by atoms with Crippen molar-refractivity contribution in [1.29, 1.82) is 0 Å². The number of Topliss-reactive ketones (excluding diaryl/α,β-unsaturated/α-hetero) is 4. The summed E-state index contributed by atoms with van der Waals surface area (Å²) in [5.74, 6) is -7.90. The molecule has 0 saturated carbocycles. The third-order valence-electron chi connectivity index (χ3n) is 18.7. The number of methoxy groups -OCH3 is 1. The Morgan fingerprint density at radius 1 is 0.426 bits per heavy atom. The minimum atomic E-state index is -2.53. The van der Waals surface area contributed by atoms with Gasteiger partial charge in [0.05, 0.1) is 58.1 Å². The quantitative estimate of drug-likeness (QED) is 0.0200. The van der Waals surface area contributed by atoms with Crippen molar-refractivity contribution in [2.24, 2.45) is 5.73 Å². The molecule has 108 heavy (non-hydrogen) atoms. The number of aliphatic carboxylic acids is 1. The van der Waals surface area contributed by atoms with E-state index in [0.29, 0.717) is 24.3 Å². The number of ether oxygens (including phenoxy) is 12. The Kier molecular flexibility index (Phi) is 36.7. The second-order valence-electron chi connectivity index (χ2n) is 26.9. The number of aliphatic hydroxyl groups excluding tert-OH is 12. The number of allylic oxidation sites excluding steroid dienone is 1. The van der Waals surface area contributed by atoms with E-state index in [1.165, 1.54) is 6.92 Å². The molecule has 0 radical (unpaired) electrons. The van der Waals surface area contributed by atoms with Crippen molar-refractivity contribution >= 4 is 71.3 Å². The number of amides is 5. The number of aliphatic hydroxyl groups is 12. The lowest BCUT2D eigenvalue weighted by Gasteiger charge is -2.51. The molecular weight excluding hydrogens is 1470 g/mol. The molecule has 42 nitrogen and oxygen atoms in total. The van der Waals surface area contributed by atoms with E-state index in [0.717, 1.165) is 34.3 Å². The maximum Gasteiger partial charge on any atom is 0.335 e. The van der Waals surface area contributed by atoms with Crippen LogP contribution in [0.2, 0.25) is 0 Å². The van der Waals surface area contributed by atoms with Gasteiger partial charge in [-0.15, -0.1) is 0 Å². The van der Waals surface area contributed by atoms with Crippen LogP contribution in [-0.2, 0) is 105 Å². The van der Waals surface area contributed by atoms with Crippen molar-refractivity contribution in [3.05, 3.63) is 12.3 Å². The van der Waals surface area contributed by atoms with E-state index >= 15 is 0 Å². The molecule has 0 aromatic heterocycles. The van der Waals surface area contributed by atoms with Crippen molar-refractivity contribution in [3.8, 4) is 0 Å². The van der Waals surface area contributed by atoms with Crippen LogP contribution in [0.1, 0.15) is 91.9 Å². The van der Waals surface area contributed by atoms with Crippen molar-refractivity contribution < 1.29 is 171 Å². The van der Waals surface area contributed by atoms with Crippen LogP contribution in [0, 0.1) is 0 Å². The number of carbonyl (C=O) groups is 10. The normalized spacial score (nSPS) is 37.0. The van der Waals surface area contributed by atoms with Crippen molar-refractivity contribution in [2.75, 3.05) is 58.9 Å². The van der Waals surface area contributed by atoms with Crippen molar-refractivity contribution in [1.82, 2.24) is 31.9 Å². The molecule has 43 heteroatoms. The fourth-order valence-corrected chi connectivity index (χ4v) is 13.2. The first-order valence-electron chi connectivity index (χ1n) is 35.2. The smallest absolute Gasteiger partial charge is 0.335 e. The Morgan fingerprint density at radius 3 is 1.19 bits per heavy atom. The lowest BCUT2D eigenvalue weighted by molar-refractivity contribution is -0.375. The van der Waals surface area contributed by atoms with Gasteiger partial charge in [0, 0.05) is 59.3 Å². The van der Waals surface area contributed by atoms with Crippen LogP contribution >= 0.6 is 12.6 Å². The number of nitrogens with one attached hydrogen (secondary N) is 6. The lowest BCUT2D eigenvalue weighted by Crippen LogP contribution is -2.71. The fourth-order valence-electron chi connectivity index (χ4n) is 13.0. The van der Waals surface area contributed by atoms with Gasteiger partial charge in [-0.2, -0.15) is 12.6 Å². The van der Waals surface area contributed by atoms with Gasteiger partial charge >= 0.3 is 5.97 Å². The summed E-state index contributed by atoms with van der Waals surface area (Å²) in [6.07, 6.45) is -54.2. The first kappa shape index (κ1) is 91.3. The summed E-state index contributed by atoms with van der Waals surface area (Å²) in [6, 6.07) is -5.23. The Balaban J connectivity index is 1.27. The number of unbranched alkanes of at least 4 members (excludes halogenated alkanes) is 2. The lowest BCUT2D eigenvalue weighted by atomic mass is 9.92. The van der Waals surface area contributed by atoms with Gasteiger partial charge in [-0.05, 0) is 51.2 Å². The summed E-state index contributed by atoms with van der Waals surface area (Å²) in [6.45, 7) is 3.21. The second kappa shape index (κ2) is 43.4. The molecule has 5 amide bonds. The highest BCUT2D eigenvalue weighted by Crippen LogP contribution is 2.38. The molecular formula is C65H105N7O35S. The molecule has 0 aromatic carbocycles. The molecule has 0 aliphatic carbocycles. The van der Waals surface area contributed by atoms with Gasteiger partial charge in [0.2, 0.25) is 29.5 Å². The molecule has 6 saturated heterocycles. The Morgan fingerprint density at radius 2 is 0.787 bits per heavy atom. The number of hydrogen-bond acceptors (Lipinski definition) is 37. The van der Waals surface area contributed by atoms with Crippen molar-refractivity contribution in [2.45, 2.75) is 276 Å². The van der Waals surface area contributed by atoms with Crippen LogP contribution in [-0.4, -0.2) is 368 Å². The number of carboxylic acids is 1. The van der Waals surface area contributed by atoms with Crippen LogP contribution in [0.25, 0.3) is 0 Å². The monoisotopic (exact) mass is 1580 g/mol. The average Bonchev–Trinajstić information content (AvgIpc) is 0.762. The number of nitrogens with two attached hydrogens (primary N) is 1. The number of rotatable bonds is 41. The third kappa shape index (κ3) is 24.5. The highest BCUT2D eigenvalue weighted by atomic mass is 32.1. The fraction of sp³-hybridized carbons (Fsp3) is 0.815. The molecule has 6 fully saturated rings. The first-order chi connectivity index (χ1) is 51.1.